The van der Waals surface area contributed by atoms with Crippen LogP contribution in [0.25, 0.3) is 77.1 Å². The molecule has 0 saturated carbocycles. The van der Waals surface area contributed by atoms with E-state index >= 15 is 0 Å². The molecule has 0 saturated heterocycles. The van der Waals surface area contributed by atoms with Crippen molar-refractivity contribution < 1.29 is 0 Å². The predicted octanol–water partition coefficient (Wildman–Crippen LogP) is 13.9. The molecule has 0 fully saturated rings. The molecule has 1 heterocycles. The monoisotopic (exact) mass is 700 g/mol. The predicted molar refractivity (Wildman–Crippen MR) is 229 cm³/mol. The summed E-state index contributed by atoms with van der Waals surface area (Å²) >= 11 is 0. The Kier molecular flexibility index (Phi) is 6.56. The van der Waals surface area contributed by atoms with E-state index in [9.17, 15) is 0 Å². The van der Waals surface area contributed by atoms with Crippen molar-refractivity contribution in [2.45, 2.75) is 90.9 Å². The van der Waals surface area contributed by atoms with Gasteiger partial charge >= 0.3 is 0 Å². The number of hydrogen-bond acceptors (Lipinski definition) is 2. The first-order valence-corrected chi connectivity index (χ1v) is 19.6. The maximum Gasteiger partial charge on any atom is 0.116 e. The van der Waals surface area contributed by atoms with Crippen LogP contribution in [0.15, 0.2) is 109 Å². The van der Waals surface area contributed by atoms with Gasteiger partial charge in [-0.3, -0.25) is 0 Å². The van der Waals surface area contributed by atoms with Crippen LogP contribution in [-0.2, 0) is 21.7 Å². The highest BCUT2D eigenvalue weighted by Crippen LogP contribution is 2.55. The maximum atomic E-state index is 4.85. The lowest BCUT2D eigenvalue weighted by molar-refractivity contribution is 0.584. The van der Waals surface area contributed by atoms with Crippen molar-refractivity contribution in [3.63, 3.8) is 0 Å². The summed E-state index contributed by atoms with van der Waals surface area (Å²) in [5, 5.41) is 8.09. The zero-order valence-electron chi connectivity index (χ0n) is 33.3. The van der Waals surface area contributed by atoms with Gasteiger partial charge in [0.05, 0.1) is 11.4 Å². The summed E-state index contributed by atoms with van der Waals surface area (Å²) < 4.78 is 0. The summed E-state index contributed by atoms with van der Waals surface area (Å²) in [6.45, 7) is 23.3. The van der Waals surface area contributed by atoms with Crippen molar-refractivity contribution in [1.82, 2.24) is 9.97 Å². The Morgan fingerprint density at radius 1 is 0.426 bits per heavy atom. The zero-order chi connectivity index (χ0) is 37.7. The van der Waals surface area contributed by atoms with Crippen LogP contribution in [0.3, 0.4) is 0 Å². The van der Waals surface area contributed by atoms with Crippen molar-refractivity contribution in [3.8, 4) is 44.8 Å². The van der Waals surface area contributed by atoms with Gasteiger partial charge in [0, 0.05) is 22.0 Å². The van der Waals surface area contributed by atoms with Gasteiger partial charge in [-0.15, -0.1) is 0 Å². The summed E-state index contributed by atoms with van der Waals surface area (Å²) in [4.78, 5) is 9.67. The molecule has 10 rings (SSSR count). The molecule has 0 spiro atoms. The molecule has 0 aliphatic heterocycles. The van der Waals surface area contributed by atoms with Gasteiger partial charge in [-0.2, -0.15) is 0 Å². The van der Waals surface area contributed by atoms with Crippen LogP contribution in [-0.4, -0.2) is 9.97 Å². The molecule has 7 aromatic carbocycles. The van der Waals surface area contributed by atoms with Crippen LogP contribution in [0.2, 0.25) is 0 Å². The molecule has 0 N–H and O–H groups in total. The Morgan fingerprint density at radius 2 is 0.926 bits per heavy atom. The topological polar surface area (TPSA) is 25.8 Å². The molecule has 0 bridgehead atoms. The van der Waals surface area contributed by atoms with Gasteiger partial charge in [0.15, 0.2) is 0 Å². The molecular weight excluding hydrogens is 653 g/mol. The molecule has 1 aromatic heterocycles. The van der Waals surface area contributed by atoms with Gasteiger partial charge in [-0.1, -0.05) is 148 Å². The minimum atomic E-state index is -0.159. The molecule has 54 heavy (non-hydrogen) atoms. The Labute approximate surface area is 319 Å². The van der Waals surface area contributed by atoms with Crippen molar-refractivity contribution >= 4 is 32.3 Å². The number of hydrogen-bond donors (Lipinski definition) is 0. The lowest BCUT2D eigenvalue weighted by atomic mass is 9.78. The van der Waals surface area contributed by atoms with E-state index in [-0.39, 0.29) is 21.7 Å². The van der Waals surface area contributed by atoms with Gasteiger partial charge in [-0.25, -0.2) is 9.97 Å². The Hall–Kier alpha value is -5.34. The molecule has 0 unspecified atom stereocenters. The van der Waals surface area contributed by atoms with Crippen LogP contribution in [0, 0.1) is 0 Å². The second-order valence-corrected chi connectivity index (χ2v) is 19.2. The number of rotatable bonds is 2. The number of benzene rings is 7. The largest absolute Gasteiger partial charge is 0.236 e. The summed E-state index contributed by atoms with van der Waals surface area (Å²) in [5.74, 6) is 0. The molecule has 0 radical (unpaired) electrons. The summed E-state index contributed by atoms with van der Waals surface area (Å²) in [6.07, 6.45) is 1.73. The molecule has 2 heteroatoms. The van der Waals surface area contributed by atoms with E-state index in [1.165, 1.54) is 88.0 Å². The normalized spacial score (nSPS) is 15.5. The first-order chi connectivity index (χ1) is 25.5. The Bertz CT molecular complexity index is 2870. The quantitative estimate of drug-likeness (QED) is 0.168. The van der Waals surface area contributed by atoms with Gasteiger partial charge in [0.1, 0.15) is 6.33 Å². The molecule has 2 nitrogen and oxygen atoms in total. The van der Waals surface area contributed by atoms with Crippen LogP contribution in [0.4, 0.5) is 0 Å². The summed E-state index contributed by atoms with van der Waals surface area (Å²) in [6, 6.07) is 39.8. The molecule has 2 aliphatic carbocycles. The molecule has 0 amide bonds. The van der Waals surface area contributed by atoms with Crippen LogP contribution < -0.4 is 0 Å². The van der Waals surface area contributed by atoms with Gasteiger partial charge in [0.2, 0.25) is 0 Å². The van der Waals surface area contributed by atoms with E-state index in [4.69, 9.17) is 9.97 Å². The zero-order valence-corrected chi connectivity index (χ0v) is 33.3. The molecule has 8 aromatic rings. The minimum absolute atomic E-state index is 0.0954. The third-order valence-corrected chi connectivity index (χ3v) is 13.0. The van der Waals surface area contributed by atoms with Crippen molar-refractivity contribution in [3.05, 3.63) is 143 Å². The Balaban J connectivity index is 1.06. The highest BCUT2D eigenvalue weighted by molar-refractivity contribution is 6.26. The van der Waals surface area contributed by atoms with Gasteiger partial charge in [0.25, 0.3) is 0 Å². The highest BCUT2D eigenvalue weighted by atomic mass is 14.8. The van der Waals surface area contributed by atoms with E-state index in [0.29, 0.717) is 0 Å². The molecule has 2 aliphatic rings. The smallest absolute Gasteiger partial charge is 0.116 e. The first kappa shape index (κ1) is 33.2. The van der Waals surface area contributed by atoms with Crippen LogP contribution >= 0.6 is 0 Å². The van der Waals surface area contributed by atoms with E-state index in [2.05, 4.69) is 172 Å². The van der Waals surface area contributed by atoms with Crippen molar-refractivity contribution in [2.24, 2.45) is 0 Å². The van der Waals surface area contributed by atoms with E-state index < -0.39 is 0 Å². The SMILES string of the molecule is CC(C)(C)c1ccc2c(c1)C(C)(C)c1cc(-c3cc(-c4ccc5c(c4)C(C)(C)c4cc6ccc7cc(C(C)(C)C)cc8ccc(c4-5)c6c78)ncn3)ccc1-2. The standard InChI is InChI=1S/C52H48N2/c1-49(2,3)34-16-20-37-36-17-13-29(23-40(36)51(7,8)42(37)26-34)44-27-45(54-28-53-44)30-14-18-38-41(24-30)52(9,10)43-25-33-12-11-31-21-35(50(4,5)6)22-32-15-19-39(48(38)43)47(33)46(31)32/h11-28H,1-10H3. The summed E-state index contributed by atoms with van der Waals surface area (Å²) in [7, 11) is 0. The van der Waals surface area contributed by atoms with E-state index in [0.717, 1.165) is 22.5 Å². The van der Waals surface area contributed by atoms with Crippen molar-refractivity contribution in [1.29, 1.82) is 0 Å². The van der Waals surface area contributed by atoms with Gasteiger partial charge < -0.3 is 0 Å². The lowest BCUT2D eigenvalue weighted by Gasteiger charge is -2.25. The molecule has 266 valence electrons. The first-order valence-electron chi connectivity index (χ1n) is 19.6. The van der Waals surface area contributed by atoms with E-state index in [1.807, 2.05) is 0 Å². The molecule has 0 atom stereocenters. The van der Waals surface area contributed by atoms with E-state index in [1.54, 1.807) is 6.33 Å². The fourth-order valence-corrected chi connectivity index (χ4v) is 9.73. The summed E-state index contributed by atoms with van der Waals surface area (Å²) in [5.41, 5.74) is 17.8. The molecular formula is C52H48N2. The second kappa shape index (κ2) is 10.7. The third-order valence-electron chi connectivity index (χ3n) is 13.0. The third kappa shape index (κ3) is 4.58. The second-order valence-electron chi connectivity index (χ2n) is 19.2. The Morgan fingerprint density at radius 3 is 1.54 bits per heavy atom. The number of aromatic nitrogens is 2. The maximum absolute atomic E-state index is 4.85. The van der Waals surface area contributed by atoms with Crippen molar-refractivity contribution in [2.75, 3.05) is 0 Å². The number of fused-ring (bicyclic) bond motifs is 7. The minimum Gasteiger partial charge on any atom is -0.236 e. The van der Waals surface area contributed by atoms with Crippen LogP contribution in [0.1, 0.15) is 103 Å². The average Bonchev–Trinajstić information content (AvgIpc) is 3.51. The fourth-order valence-electron chi connectivity index (χ4n) is 9.73. The van der Waals surface area contributed by atoms with Crippen LogP contribution in [0.5, 0.6) is 0 Å². The highest BCUT2D eigenvalue weighted by Gasteiger charge is 2.39. The fraction of sp³-hybridized carbons (Fsp3) is 0.269. The lowest BCUT2D eigenvalue weighted by Crippen LogP contribution is -2.17. The van der Waals surface area contributed by atoms with Gasteiger partial charge in [-0.05, 0) is 123 Å². The number of nitrogens with zero attached hydrogens (tertiary/aromatic N) is 2. The average molecular weight is 701 g/mol.